The predicted molar refractivity (Wildman–Crippen MR) is 102 cm³/mol. The molecule has 1 N–H and O–H groups in total. The molecule has 144 valence electrons. The SMILES string of the molecule is C[C@@H](c1ccc(Cl)cc1)N1CC[C@](CCCO)(c2ccc(F)cc2)OC1=O. The number of rotatable bonds is 6. The quantitative estimate of drug-likeness (QED) is 0.749. The maximum atomic E-state index is 13.3. The number of halogens is 2. The summed E-state index contributed by atoms with van der Waals surface area (Å²) in [5.74, 6) is -0.337. The maximum absolute atomic E-state index is 13.3. The summed E-state index contributed by atoms with van der Waals surface area (Å²) in [6, 6.07) is 13.3. The van der Waals surface area contributed by atoms with Crippen LogP contribution in [0.4, 0.5) is 9.18 Å². The molecule has 1 aliphatic rings. The fraction of sp³-hybridized carbons (Fsp3) is 0.381. The summed E-state index contributed by atoms with van der Waals surface area (Å²) in [5, 5.41) is 9.90. The average Bonchev–Trinajstić information content (AvgIpc) is 2.67. The van der Waals surface area contributed by atoms with Crippen molar-refractivity contribution in [2.45, 2.75) is 37.8 Å². The smallest absolute Gasteiger partial charge is 0.411 e. The number of cyclic esters (lactones) is 1. The van der Waals surface area contributed by atoms with E-state index in [1.165, 1.54) is 12.1 Å². The fourth-order valence-corrected chi connectivity index (χ4v) is 3.71. The van der Waals surface area contributed by atoms with Crippen LogP contribution >= 0.6 is 11.6 Å². The molecule has 2 aromatic carbocycles. The van der Waals surface area contributed by atoms with E-state index in [1.807, 2.05) is 19.1 Å². The minimum Gasteiger partial charge on any atom is -0.438 e. The van der Waals surface area contributed by atoms with Crippen molar-refractivity contribution in [3.8, 4) is 0 Å². The summed E-state index contributed by atoms with van der Waals surface area (Å²) < 4.78 is 19.2. The van der Waals surface area contributed by atoms with Gasteiger partial charge in [-0.25, -0.2) is 9.18 Å². The van der Waals surface area contributed by atoms with E-state index in [1.54, 1.807) is 29.2 Å². The first-order valence-electron chi connectivity index (χ1n) is 9.07. The third-order valence-corrected chi connectivity index (χ3v) is 5.45. The summed E-state index contributed by atoms with van der Waals surface area (Å²) in [7, 11) is 0. The largest absolute Gasteiger partial charge is 0.438 e. The lowest BCUT2D eigenvalue weighted by Crippen LogP contribution is -2.48. The second kappa shape index (κ2) is 8.28. The lowest BCUT2D eigenvalue weighted by atomic mass is 9.84. The van der Waals surface area contributed by atoms with Crippen LogP contribution in [0.1, 0.15) is 43.4 Å². The van der Waals surface area contributed by atoms with Gasteiger partial charge in [0.25, 0.3) is 0 Å². The van der Waals surface area contributed by atoms with Crippen LogP contribution in [-0.2, 0) is 10.3 Å². The molecule has 0 saturated carbocycles. The zero-order chi connectivity index (χ0) is 19.4. The first-order chi connectivity index (χ1) is 12.9. The Labute approximate surface area is 163 Å². The number of carbonyl (C=O) groups is 1. The zero-order valence-electron chi connectivity index (χ0n) is 15.2. The second-order valence-electron chi connectivity index (χ2n) is 6.87. The Bertz CT molecular complexity index is 781. The molecule has 2 aromatic rings. The third kappa shape index (κ3) is 4.25. The molecule has 0 unspecified atom stereocenters. The van der Waals surface area contributed by atoms with E-state index in [0.717, 1.165) is 11.1 Å². The van der Waals surface area contributed by atoms with Crippen molar-refractivity contribution in [2.75, 3.05) is 13.2 Å². The number of amides is 1. The van der Waals surface area contributed by atoms with Gasteiger partial charge in [0.15, 0.2) is 0 Å². The normalized spacial score (nSPS) is 21.0. The standard InChI is InChI=1S/C21H23ClFNO3/c1-15(16-3-7-18(22)8-4-16)24-13-12-21(11-2-14-25,27-20(24)26)17-5-9-19(23)10-6-17/h3-10,15,25H,2,11-14H2,1H3/t15-,21+/m0/s1. The van der Waals surface area contributed by atoms with Gasteiger partial charge < -0.3 is 14.7 Å². The summed E-state index contributed by atoms with van der Waals surface area (Å²) >= 11 is 5.94. The monoisotopic (exact) mass is 391 g/mol. The van der Waals surface area contributed by atoms with Crippen molar-refractivity contribution in [2.24, 2.45) is 0 Å². The zero-order valence-corrected chi connectivity index (χ0v) is 16.0. The number of carbonyl (C=O) groups excluding carboxylic acids is 1. The highest BCUT2D eigenvalue weighted by molar-refractivity contribution is 6.30. The van der Waals surface area contributed by atoms with E-state index in [4.69, 9.17) is 16.3 Å². The Balaban J connectivity index is 1.81. The van der Waals surface area contributed by atoms with Crippen molar-refractivity contribution < 1.29 is 19.0 Å². The van der Waals surface area contributed by atoms with Gasteiger partial charge >= 0.3 is 6.09 Å². The highest BCUT2D eigenvalue weighted by Gasteiger charge is 2.43. The summed E-state index contributed by atoms with van der Waals surface area (Å²) in [6.45, 7) is 2.46. The topological polar surface area (TPSA) is 49.8 Å². The lowest BCUT2D eigenvalue weighted by molar-refractivity contribution is -0.0680. The number of hydrogen-bond donors (Lipinski definition) is 1. The van der Waals surface area contributed by atoms with E-state index in [-0.39, 0.29) is 18.5 Å². The molecule has 0 bridgehead atoms. The van der Waals surface area contributed by atoms with Crippen LogP contribution in [-0.4, -0.2) is 29.3 Å². The van der Waals surface area contributed by atoms with Gasteiger partial charge in [0.2, 0.25) is 0 Å². The van der Waals surface area contributed by atoms with Crippen molar-refractivity contribution >= 4 is 17.7 Å². The van der Waals surface area contributed by atoms with Crippen LogP contribution in [0.2, 0.25) is 5.02 Å². The molecule has 1 amide bonds. The van der Waals surface area contributed by atoms with Gasteiger partial charge in [-0.05, 0) is 55.2 Å². The second-order valence-corrected chi connectivity index (χ2v) is 7.30. The number of aliphatic hydroxyl groups is 1. The first-order valence-corrected chi connectivity index (χ1v) is 9.45. The summed E-state index contributed by atoms with van der Waals surface area (Å²) in [6.07, 6.45) is 1.15. The summed E-state index contributed by atoms with van der Waals surface area (Å²) in [5.41, 5.74) is 0.884. The molecule has 1 saturated heterocycles. The molecule has 0 aromatic heterocycles. The van der Waals surface area contributed by atoms with Crippen LogP contribution in [0.3, 0.4) is 0 Å². The number of hydrogen-bond acceptors (Lipinski definition) is 3. The van der Waals surface area contributed by atoms with Crippen LogP contribution in [0.5, 0.6) is 0 Å². The molecule has 0 radical (unpaired) electrons. The van der Waals surface area contributed by atoms with E-state index in [0.29, 0.717) is 30.8 Å². The van der Waals surface area contributed by atoms with E-state index < -0.39 is 11.7 Å². The molecule has 0 aliphatic carbocycles. The van der Waals surface area contributed by atoms with Gasteiger partial charge in [-0.3, -0.25) is 0 Å². The Hall–Kier alpha value is -2.11. The molecule has 3 rings (SSSR count). The molecular weight excluding hydrogens is 369 g/mol. The molecule has 2 atom stereocenters. The van der Waals surface area contributed by atoms with Gasteiger partial charge in [-0.15, -0.1) is 0 Å². The number of ether oxygens (including phenoxy) is 1. The molecule has 6 heteroatoms. The fourth-order valence-electron chi connectivity index (χ4n) is 3.58. The van der Waals surface area contributed by atoms with Crippen molar-refractivity contribution in [3.05, 3.63) is 70.5 Å². The van der Waals surface area contributed by atoms with Crippen molar-refractivity contribution in [1.29, 1.82) is 0 Å². The molecule has 1 heterocycles. The van der Waals surface area contributed by atoms with Crippen LogP contribution in [0, 0.1) is 5.82 Å². The minimum atomic E-state index is -0.844. The minimum absolute atomic E-state index is 0.00534. The highest BCUT2D eigenvalue weighted by atomic mass is 35.5. The van der Waals surface area contributed by atoms with Gasteiger partial charge in [0, 0.05) is 24.6 Å². The van der Waals surface area contributed by atoms with Gasteiger partial charge in [0.1, 0.15) is 11.4 Å². The molecule has 1 fully saturated rings. The van der Waals surface area contributed by atoms with E-state index in [9.17, 15) is 14.3 Å². The van der Waals surface area contributed by atoms with Gasteiger partial charge in [-0.2, -0.15) is 0 Å². The molecule has 4 nitrogen and oxygen atoms in total. The predicted octanol–water partition coefficient (Wildman–Crippen LogP) is 5.05. The number of benzene rings is 2. The Morgan fingerprint density at radius 3 is 2.48 bits per heavy atom. The van der Waals surface area contributed by atoms with E-state index in [2.05, 4.69) is 0 Å². The van der Waals surface area contributed by atoms with Crippen LogP contribution in [0.25, 0.3) is 0 Å². The van der Waals surface area contributed by atoms with Crippen LogP contribution < -0.4 is 0 Å². The van der Waals surface area contributed by atoms with Gasteiger partial charge in [-0.1, -0.05) is 35.9 Å². The molecule has 27 heavy (non-hydrogen) atoms. The maximum Gasteiger partial charge on any atom is 0.411 e. The Kier molecular flexibility index (Phi) is 6.02. The Morgan fingerprint density at radius 2 is 1.89 bits per heavy atom. The van der Waals surface area contributed by atoms with Gasteiger partial charge in [0.05, 0.1) is 6.04 Å². The molecule has 1 aliphatic heterocycles. The molecular formula is C21H23ClFNO3. The van der Waals surface area contributed by atoms with E-state index >= 15 is 0 Å². The van der Waals surface area contributed by atoms with Crippen LogP contribution in [0.15, 0.2) is 48.5 Å². The molecule has 0 spiro atoms. The first kappa shape index (κ1) is 19.6. The number of aliphatic hydroxyl groups excluding tert-OH is 1. The average molecular weight is 392 g/mol. The summed E-state index contributed by atoms with van der Waals surface area (Å²) in [4.78, 5) is 14.5. The third-order valence-electron chi connectivity index (χ3n) is 5.20. The van der Waals surface area contributed by atoms with Crippen molar-refractivity contribution in [1.82, 2.24) is 4.90 Å². The van der Waals surface area contributed by atoms with Crippen molar-refractivity contribution in [3.63, 3.8) is 0 Å². The lowest BCUT2D eigenvalue weighted by Gasteiger charge is -2.43. The number of nitrogens with zero attached hydrogens (tertiary/aromatic N) is 1. The Morgan fingerprint density at radius 1 is 1.22 bits per heavy atom. The highest BCUT2D eigenvalue weighted by Crippen LogP contribution is 2.40.